The molecule has 4 N–H and O–H groups in total. The van der Waals surface area contributed by atoms with Crippen molar-refractivity contribution in [3.8, 4) is 0 Å². The van der Waals surface area contributed by atoms with Crippen LogP contribution in [0.2, 0.25) is 0 Å². The van der Waals surface area contributed by atoms with Gasteiger partial charge in [0.1, 0.15) is 18.0 Å². The van der Waals surface area contributed by atoms with Crippen molar-refractivity contribution in [2.75, 3.05) is 44.4 Å². The molecule has 0 saturated carbocycles. The predicted molar refractivity (Wildman–Crippen MR) is 143 cm³/mol. The van der Waals surface area contributed by atoms with Crippen molar-refractivity contribution in [2.24, 2.45) is 17.6 Å². The highest BCUT2D eigenvalue weighted by Gasteiger charge is 2.50. The molecule has 1 saturated heterocycles. The second-order valence-electron chi connectivity index (χ2n) is 8.82. The van der Waals surface area contributed by atoms with Gasteiger partial charge in [-0.05, 0) is 69.7 Å². The van der Waals surface area contributed by atoms with Crippen LogP contribution in [0.15, 0.2) is 24.3 Å². The first-order chi connectivity index (χ1) is 15.9. The molecule has 0 unspecified atom stereocenters. The van der Waals surface area contributed by atoms with E-state index in [1.165, 1.54) is 4.90 Å². The van der Waals surface area contributed by atoms with Crippen molar-refractivity contribution < 1.29 is 29.0 Å². The normalized spacial score (nSPS) is 21.1. The number of aliphatic carboxylic acids is 1. The fourth-order valence-electron chi connectivity index (χ4n) is 4.70. The van der Waals surface area contributed by atoms with E-state index in [2.05, 4.69) is 5.32 Å². The van der Waals surface area contributed by atoms with Crippen LogP contribution in [-0.4, -0.2) is 67.9 Å². The summed E-state index contributed by atoms with van der Waals surface area (Å²) in [5.74, 6) is -2.83. The van der Waals surface area contributed by atoms with Crippen molar-refractivity contribution in [3.05, 3.63) is 29.8 Å². The van der Waals surface area contributed by atoms with E-state index in [0.717, 1.165) is 37.9 Å². The SMILES string of the molecule is Br.Br.CCOC(=O)[C@H](COCCC1CCNCC1)[C@@]1(N)CCc2ccccc2N(CC(=O)O)C1=O. The van der Waals surface area contributed by atoms with Gasteiger partial charge in [0.05, 0.1) is 13.2 Å². The van der Waals surface area contributed by atoms with Crippen LogP contribution in [0.3, 0.4) is 0 Å². The molecule has 1 fully saturated rings. The standard InChI is InChI=1S/C24H35N3O6.2BrH/c1-2-33-22(30)19(16-32-14-10-17-8-12-26-13-9-17)24(25)11-7-18-5-3-4-6-20(18)27(23(24)31)15-21(28)29;;/h3-6,17,19,26H,2,7-16,25H2,1H3,(H,28,29);2*1H/t19-,24-;;/m0../s1. The third-order valence-corrected chi connectivity index (χ3v) is 6.63. The Kier molecular flexibility index (Phi) is 13.4. The number of carboxylic acids is 1. The summed E-state index contributed by atoms with van der Waals surface area (Å²) in [7, 11) is 0. The summed E-state index contributed by atoms with van der Waals surface area (Å²) >= 11 is 0. The summed E-state index contributed by atoms with van der Waals surface area (Å²) in [6.45, 7) is 3.70. The fourth-order valence-corrected chi connectivity index (χ4v) is 4.70. The highest BCUT2D eigenvalue weighted by Crippen LogP contribution is 2.34. The number of rotatable bonds is 10. The summed E-state index contributed by atoms with van der Waals surface area (Å²) in [4.78, 5) is 39.3. The zero-order chi connectivity index (χ0) is 23.8. The smallest absolute Gasteiger partial charge is 0.323 e. The number of ether oxygens (including phenoxy) is 2. The number of para-hydroxylation sites is 1. The van der Waals surface area contributed by atoms with E-state index in [0.29, 0.717) is 24.6 Å². The van der Waals surface area contributed by atoms with Gasteiger partial charge in [0.2, 0.25) is 5.91 Å². The Morgan fingerprint density at radius 2 is 1.94 bits per heavy atom. The van der Waals surface area contributed by atoms with Crippen LogP contribution in [0, 0.1) is 11.8 Å². The average Bonchev–Trinajstić information content (AvgIpc) is 2.90. The van der Waals surface area contributed by atoms with Gasteiger partial charge in [-0.15, -0.1) is 34.0 Å². The molecule has 198 valence electrons. The number of benzene rings is 1. The molecular weight excluding hydrogens is 586 g/mol. The van der Waals surface area contributed by atoms with Gasteiger partial charge in [-0.2, -0.15) is 0 Å². The number of nitrogens with two attached hydrogens (primary N) is 1. The number of halogens is 2. The van der Waals surface area contributed by atoms with Crippen LogP contribution in [0.1, 0.15) is 38.2 Å². The molecule has 2 aliphatic heterocycles. The molecule has 3 rings (SSSR count). The number of hydrogen-bond donors (Lipinski definition) is 3. The Morgan fingerprint density at radius 3 is 2.60 bits per heavy atom. The molecule has 0 spiro atoms. The molecule has 0 bridgehead atoms. The average molecular weight is 623 g/mol. The first-order valence-corrected chi connectivity index (χ1v) is 11.7. The predicted octanol–water partition coefficient (Wildman–Crippen LogP) is 2.49. The molecule has 9 nitrogen and oxygen atoms in total. The van der Waals surface area contributed by atoms with E-state index in [4.69, 9.17) is 15.2 Å². The maximum absolute atomic E-state index is 13.7. The molecule has 35 heavy (non-hydrogen) atoms. The number of esters is 1. The second kappa shape index (κ2) is 14.9. The van der Waals surface area contributed by atoms with Crippen LogP contribution >= 0.6 is 34.0 Å². The minimum absolute atomic E-state index is 0. The number of fused-ring (bicyclic) bond motifs is 1. The third-order valence-electron chi connectivity index (χ3n) is 6.63. The molecule has 1 aromatic rings. The lowest BCUT2D eigenvalue weighted by Crippen LogP contribution is -2.63. The minimum atomic E-state index is -1.64. The van der Waals surface area contributed by atoms with Gasteiger partial charge in [-0.25, -0.2) is 0 Å². The maximum atomic E-state index is 13.7. The lowest BCUT2D eigenvalue weighted by atomic mass is 9.80. The molecule has 0 aliphatic carbocycles. The van der Waals surface area contributed by atoms with Crippen LogP contribution in [0.4, 0.5) is 5.69 Å². The van der Waals surface area contributed by atoms with Crippen LogP contribution in [-0.2, 0) is 30.3 Å². The molecule has 11 heteroatoms. The van der Waals surface area contributed by atoms with Gasteiger partial charge in [-0.1, -0.05) is 18.2 Å². The summed E-state index contributed by atoms with van der Waals surface area (Å²) < 4.78 is 11.1. The van der Waals surface area contributed by atoms with Gasteiger partial charge in [0.25, 0.3) is 0 Å². The van der Waals surface area contributed by atoms with Crippen molar-refractivity contribution in [3.63, 3.8) is 0 Å². The number of amides is 1. The second-order valence-corrected chi connectivity index (χ2v) is 8.82. The van der Waals surface area contributed by atoms with Crippen molar-refractivity contribution in [1.82, 2.24) is 5.32 Å². The Morgan fingerprint density at radius 1 is 1.26 bits per heavy atom. The number of anilines is 1. The minimum Gasteiger partial charge on any atom is -0.480 e. The quantitative estimate of drug-likeness (QED) is 0.268. The summed E-state index contributed by atoms with van der Waals surface area (Å²) in [5.41, 5.74) is 6.35. The highest BCUT2D eigenvalue weighted by molar-refractivity contribution is 8.93. The van der Waals surface area contributed by atoms with E-state index in [9.17, 15) is 19.5 Å². The molecule has 2 atom stereocenters. The van der Waals surface area contributed by atoms with E-state index in [1.807, 2.05) is 12.1 Å². The Labute approximate surface area is 227 Å². The van der Waals surface area contributed by atoms with Crippen LogP contribution in [0.25, 0.3) is 0 Å². The molecule has 2 aliphatic rings. The van der Waals surface area contributed by atoms with Gasteiger partial charge < -0.3 is 25.6 Å². The highest BCUT2D eigenvalue weighted by atomic mass is 79.9. The van der Waals surface area contributed by atoms with Crippen molar-refractivity contribution in [1.29, 1.82) is 0 Å². The van der Waals surface area contributed by atoms with Crippen LogP contribution < -0.4 is 16.0 Å². The number of carbonyl (C=O) groups excluding carboxylic acids is 2. The number of carboxylic acid groups (broad SMARTS) is 1. The van der Waals surface area contributed by atoms with Gasteiger partial charge in [0.15, 0.2) is 0 Å². The van der Waals surface area contributed by atoms with E-state index >= 15 is 0 Å². The molecule has 0 radical (unpaired) electrons. The molecule has 2 heterocycles. The lowest BCUT2D eigenvalue weighted by Gasteiger charge is -2.36. The number of hydrogen-bond acceptors (Lipinski definition) is 7. The summed E-state index contributed by atoms with van der Waals surface area (Å²) in [5, 5.41) is 12.8. The third kappa shape index (κ3) is 7.98. The number of nitrogens with zero attached hydrogens (tertiary/aromatic N) is 1. The first-order valence-electron chi connectivity index (χ1n) is 11.7. The maximum Gasteiger partial charge on any atom is 0.323 e. The number of nitrogens with one attached hydrogen (secondary N) is 1. The van der Waals surface area contributed by atoms with Gasteiger partial charge in [0, 0.05) is 12.3 Å². The van der Waals surface area contributed by atoms with E-state index < -0.39 is 35.8 Å². The van der Waals surface area contributed by atoms with Crippen molar-refractivity contribution >= 4 is 57.5 Å². The first kappa shape index (κ1) is 31.5. The van der Waals surface area contributed by atoms with Crippen LogP contribution in [0.5, 0.6) is 0 Å². The number of carbonyl (C=O) groups is 3. The zero-order valence-electron chi connectivity index (χ0n) is 20.1. The zero-order valence-corrected chi connectivity index (χ0v) is 23.5. The largest absolute Gasteiger partial charge is 0.480 e. The topological polar surface area (TPSA) is 131 Å². The van der Waals surface area contributed by atoms with Crippen molar-refractivity contribution in [2.45, 2.75) is 44.6 Å². The summed E-state index contributed by atoms with van der Waals surface area (Å²) in [6, 6.07) is 7.13. The molecule has 1 aromatic carbocycles. The number of piperidine rings is 1. The number of aryl methyl sites for hydroxylation is 1. The van der Waals surface area contributed by atoms with E-state index in [1.54, 1.807) is 19.1 Å². The molecule has 1 amide bonds. The summed E-state index contributed by atoms with van der Waals surface area (Å²) in [6.07, 6.45) is 3.66. The van der Waals surface area contributed by atoms with Gasteiger partial charge in [-0.3, -0.25) is 19.3 Å². The van der Waals surface area contributed by atoms with Gasteiger partial charge >= 0.3 is 11.9 Å². The molecular formula is C24H37Br2N3O6. The Balaban J connectivity index is 0.00000306. The molecule has 0 aromatic heterocycles. The fraction of sp³-hybridized carbons (Fsp3) is 0.625. The Bertz CT molecular complexity index is 852. The monoisotopic (exact) mass is 621 g/mol. The van der Waals surface area contributed by atoms with E-state index in [-0.39, 0.29) is 53.6 Å². The lowest BCUT2D eigenvalue weighted by molar-refractivity contribution is -0.156. The Hall–Kier alpha value is -1.53.